The van der Waals surface area contributed by atoms with Gasteiger partial charge in [0, 0.05) is 0 Å². The smallest absolute Gasteiger partial charge is 0.260 e. The SMILES string of the molecule is C=CC.O=S(=O)(O)F. The van der Waals surface area contributed by atoms with E-state index in [1.54, 1.807) is 6.08 Å². The van der Waals surface area contributed by atoms with Gasteiger partial charge in [-0.15, -0.1) is 6.58 Å². The topological polar surface area (TPSA) is 54.4 Å². The number of hydrogen-bond acceptors (Lipinski definition) is 2. The van der Waals surface area contributed by atoms with Crippen LogP contribution in [0.15, 0.2) is 12.7 Å². The lowest BCUT2D eigenvalue weighted by atomic mass is 10.8. The Bertz CT molecular complexity index is 129. The van der Waals surface area contributed by atoms with Crippen LogP contribution in [-0.4, -0.2) is 13.0 Å². The van der Waals surface area contributed by atoms with E-state index in [9.17, 15) is 3.89 Å². The van der Waals surface area contributed by atoms with Gasteiger partial charge in [0.2, 0.25) is 0 Å². The van der Waals surface area contributed by atoms with E-state index in [0.29, 0.717) is 0 Å². The highest BCUT2D eigenvalue weighted by Crippen LogP contribution is 1.74. The predicted molar refractivity (Wildman–Crippen MR) is 28.5 cm³/mol. The van der Waals surface area contributed by atoms with Crippen molar-refractivity contribution in [3.8, 4) is 0 Å². The van der Waals surface area contributed by atoms with E-state index in [1.165, 1.54) is 0 Å². The minimum atomic E-state index is -5.17. The Labute approximate surface area is 47.9 Å². The van der Waals surface area contributed by atoms with Crippen LogP contribution in [0.25, 0.3) is 0 Å². The quantitative estimate of drug-likeness (QED) is 0.311. The van der Waals surface area contributed by atoms with Gasteiger partial charge >= 0.3 is 10.5 Å². The molecule has 0 aliphatic heterocycles. The summed E-state index contributed by atoms with van der Waals surface area (Å²) in [5.41, 5.74) is 0. The highest BCUT2D eigenvalue weighted by molar-refractivity contribution is 7.80. The molecule has 5 heteroatoms. The van der Waals surface area contributed by atoms with Crippen LogP contribution in [0.2, 0.25) is 0 Å². The molecule has 0 rings (SSSR count). The lowest BCUT2D eigenvalue weighted by Crippen LogP contribution is -1.80. The van der Waals surface area contributed by atoms with Crippen LogP contribution in [-0.2, 0) is 10.5 Å². The maximum atomic E-state index is 10.2. The summed E-state index contributed by atoms with van der Waals surface area (Å²) in [4.78, 5) is 0. The van der Waals surface area contributed by atoms with Crippen molar-refractivity contribution in [2.24, 2.45) is 0 Å². The molecule has 0 aromatic rings. The normalized spacial score (nSPS) is 8.88. The largest absolute Gasteiger partial charge is 0.435 e. The van der Waals surface area contributed by atoms with Crippen LogP contribution in [0, 0.1) is 0 Å². The summed E-state index contributed by atoms with van der Waals surface area (Å²) in [7, 11) is -5.17. The Hall–Kier alpha value is -0.420. The van der Waals surface area contributed by atoms with Gasteiger partial charge in [0.15, 0.2) is 0 Å². The van der Waals surface area contributed by atoms with Gasteiger partial charge < -0.3 is 0 Å². The van der Waals surface area contributed by atoms with Crippen LogP contribution in [0.4, 0.5) is 3.89 Å². The first-order chi connectivity index (χ1) is 3.41. The second kappa shape index (κ2) is 4.73. The van der Waals surface area contributed by atoms with E-state index < -0.39 is 10.5 Å². The van der Waals surface area contributed by atoms with Gasteiger partial charge in [-0.05, 0) is 6.92 Å². The number of allylic oxidation sites excluding steroid dienone is 1. The minimum absolute atomic E-state index is 1.75. The van der Waals surface area contributed by atoms with Crippen LogP contribution in [0.5, 0.6) is 0 Å². The fourth-order valence-corrected chi connectivity index (χ4v) is 0. The first-order valence-corrected chi connectivity index (χ1v) is 3.00. The molecule has 0 unspecified atom stereocenters. The third-order valence-corrected chi connectivity index (χ3v) is 0. The molecule has 1 N–H and O–H groups in total. The molecular weight excluding hydrogens is 135 g/mol. The summed E-state index contributed by atoms with van der Waals surface area (Å²) >= 11 is 0. The van der Waals surface area contributed by atoms with Crippen LogP contribution in [0.3, 0.4) is 0 Å². The molecule has 0 fully saturated rings. The molecule has 0 radical (unpaired) electrons. The van der Waals surface area contributed by atoms with E-state index in [0.717, 1.165) is 0 Å². The van der Waals surface area contributed by atoms with E-state index in [-0.39, 0.29) is 0 Å². The second-order valence-corrected chi connectivity index (χ2v) is 1.64. The van der Waals surface area contributed by atoms with Crippen molar-refractivity contribution in [2.75, 3.05) is 0 Å². The number of hydrogen-bond donors (Lipinski definition) is 1. The molecule has 3 nitrogen and oxygen atoms in total. The highest BCUT2D eigenvalue weighted by Gasteiger charge is 1.89. The van der Waals surface area contributed by atoms with Gasteiger partial charge in [0.1, 0.15) is 0 Å². The van der Waals surface area contributed by atoms with Gasteiger partial charge in [0.05, 0.1) is 0 Å². The third-order valence-electron chi connectivity index (χ3n) is 0. The number of halogens is 1. The molecule has 0 atom stereocenters. The molecule has 0 aliphatic carbocycles. The fourth-order valence-electron chi connectivity index (χ4n) is 0. The van der Waals surface area contributed by atoms with Crippen LogP contribution >= 0.6 is 0 Å². The average molecular weight is 142 g/mol. The lowest BCUT2D eigenvalue weighted by Gasteiger charge is -1.63. The molecule has 50 valence electrons. The van der Waals surface area contributed by atoms with E-state index >= 15 is 0 Å². The molecule has 0 aromatic heterocycles. The molecule has 0 amide bonds. The van der Waals surface area contributed by atoms with Crippen molar-refractivity contribution < 1.29 is 16.9 Å². The molecule has 8 heavy (non-hydrogen) atoms. The van der Waals surface area contributed by atoms with Crippen LogP contribution < -0.4 is 0 Å². The van der Waals surface area contributed by atoms with Crippen molar-refractivity contribution in [1.82, 2.24) is 0 Å². The Balaban J connectivity index is 0. The van der Waals surface area contributed by atoms with Crippen molar-refractivity contribution in [1.29, 1.82) is 0 Å². The zero-order valence-electron chi connectivity index (χ0n) is 4.33. The van der Waals surface area contributed by atoms with Crippen LogP contribution in [0.1, 0.15) is 6.92 Å². The zero-order valence-corrected chi connectivity index (χ0v) is 5.15. The molecule has 0 heterocycles. The second-order valence-electron chi connectivity index (χ2n) is 0.820. The molecule has 0 aromatic carbocycles. The molecule has 0 aliphatic rings. The first kappa shape index (κ1) is 10.5. The summed E-state index contributed by atoms with van der Waals surface area (Å²) in [6.07, 6.45) is 1.75. The van der Waals surface area contributed by atoms with Crippen molar-refractivity contribution in [3.05, 3.63) is 12.7 Å². The van der Waals surface area contributed by atoms with Gasteiger partial charge in [-0.2, -0.15) is 8.42 Å². The summed E-state index contributed by atoms with van der Waals surface area (Å²) in [5.74, 6) is 0. The minimum Gasteiger partial charge on any atom is -0.260 e. The predicted octanol–water partition coefficient (Wildman–Crippen LogP) is 0.951. The number of rotatable bonds is 0. The molecule has 0 saturated heterocycles. The van der Waals surface area contributed by atoms with Gasteiger partial charge in [-0.3, -0.25) is 4.55 Å². The summed E-state index contributed by atoms with van der Waals surface area (Å²) < 4.78 is 34.1. The van der Waals surface area contributed by atoms with Crippen molar-refractivity contribution in [2.45, 2.75) is 6.92 Å². The summed E-state index contributed by atoms with van der Waals surface area (Å²) in [6.45, 7) is 5.25. The first-order valence-electron chi connectivity index (χ1n) is 1.66. The fraction of sp³-hybridized carbons (Fsp3) is 0.333. The van der Waals surface area contributed by atoms with E-state index in [2.05, 4.69) is 6.58 Å². The van der Waals surface area contributed by atoms with Crippen molar-refractivity contribution >= 4 is 10.5 Å². The Morgan fingerprint density at radius 1 is 1.75 bits per heavy atom. The van der Waals surface area contributed by atoms with E-state index in [1.807, 2.05) is 6.92 Å². The maximum absolute atomic E-state index is 10.2. The summed E-state index contributed by atoms with van der Waals surface area (Å²) in [6, 6.07) is 0. The monoisotopic (exact) mass is 142 g/mol. The summed E-state index contributed by atoms with van der Waals surface area (Å²) in [5, 5.41) is 0. The Morgan fingerprint density at radius 2 is 1.75 bits per heavy atom. The molecule has 0 saturated carbocycles. The maximum Gasteiger partial charge on any atom is 0.435 e. The third kappa shape index (κ3) is 664. The van der Waals surface area contributed by atoms with E-state index in [4.69, 9.17) is 13.0 Å². The molecule has 0 spiro atoms. The highest BCUT2D eigenvalue weighted by atomic mass is 32.3. The average Bonchev–Trinajstić information content (AvgIpc) is 1.27. The van der Waals surface area contributed by atoms with Crippen molar-refractivity contribution in [3.63, 3.8) is 0 Å². The molecule has 0 bridgehead atoms. The van der Waals surface area contributed by atoms with Gasteiger partial charge in [-0.25, -0.2) is 0 Å². The molecular formula is C3H7FO3S. The Morgan fingerprint density at radius 3 is 1.75 bits per heavy atom. The lowest BCUT2D eigenvalue weighted by molar-refractivity contribution is 0.435. The standard InChI is InChI=1S/C3H6.FHO3S/c1-3-2;1-5(2,3)4/h3H,1H2,2H3;(H,2,3,4). The van der Waals surface area contributed by atoms with Gasteiger partial charge in [-0.1, -0.05) is 9.96 Å². The Kier molecular flexibility index (Phi) is 6.23. The zero-order chi connectivity index (χ0) is 7.21. The van der Waals surface area contributed by atoms with Gasteiger partial charge in [0.25, 0.3) is 0 Å².